The van der Waals surface area contributed by atoms with Gasteiger partial charge in [-0.3, -0.25) is 9.59 Å². The first-order chi connectivity index (χ1) is 14.1. The predicted molar refractivity (Wildman–Crippen MR) is 113 cm³/mol. The molecule has 4 aliphatic carbocycles. The van der Waals surface area contributed by atoms with Gasteiger partial charge in [0, 0.05) is 31.6 Å². The number of Topliss-reactive ketones (excluding diaryl/α,β-unsaturated/α-hetero) is 1. The lowest BCUT2D eigenvalue weighted by Crippen LogP contribution is -2.60. The normalized spacial score (nSPS) is 44.1. The smallest absolute Gasteiger partial charge is 0.305 e. The van der Waals surface area contributed by atoms with Crippen LogP contribution in [0.2, 0.25) is 0 Å². The molecule has 7 atom stereocenters. The van der Waals surface area contributed by atoms with Gasteiger partial charge in [-0.2, -0.15) is 0 Å². The molecule has 4 aliphatic rings. The zero-order chi connectivity index (χ0) is 22.3. The number of carbonyl (C=O) groups excluding carboxylic acids is 2. The monoisotopic (exact) mass is 426 g/mol. The molecule has 0 spiro atoms. The van der Waals surface area contributed by atoms with Crippen molar-refractivity contribution in [2.24, 2.45) is 40.4 Å². The summed E-state index contributed by atoms with van der Waals surface area (Å²) < 4.78 is 35.8. The summed E-state index contributed by atoms with van der Waals surface area (Å²) in [6.45, 7) is 8.40. The van der Waals surface area contributed by atoms with Crippen LogP contribution in [0.15, 0.2) is 0 Å². The standard InChI is InChI=1S/C23H34F2O3.C2H6/c1-21-11-9-18-20(17(21)6-4-14(21)5-7-19(27)28-3)23(24,25)13-15-12-16(26)8-10-22(15,18)2;1-2/h14-15,17-18,20H,4-13H2,1-3H3;1-2H3. The van der Waals surface area contributed by atoms with Gasteiger partial charge in [0.05, 0.1) is 7.11 Å². The largest absolute Gasteiger partial charge is 0.469 e. The van der Waals surface area contributed by atoms with Gasteiger partial charge < -0.3 is 4.74 Å². The number of ether oxygens (including phenoxy) is 1. The van der Waals surface area contributed by atoms with E-state index >= 15 is 8.78 Å². The lowest BCUT2D eigenvalue weighted by molar-refractivity contribution is -0.230. The maximum absolute atomic E-state index is 15.5. The van der Waals surface area contributed by atoms with Crippen LogP contribution in [-0.2, 0) is 14.3 Å². The Kier molecular flexibility index (Phi) is 6.70. The lowest BCUT2D eigenvalue weighted by Gasteiger charge is -2.62. The van der Waals surface area contributed by atoms with Crippen LogP contribution in [0, 0.1) is 40.4 Å². The van der Waals surface area contributed by atoms with Crippen LogP contribution >= 0.6 is 0 Å². The molecule has 0 bridgehead atoms. The molecule has 5 heteroatoms. The van der Waals surface area contributed by atoms with Crippen molar-refractivity contribution in [3.05, 3.63) is 0 Å². The molecule has 0 amide bonds. The van der Waals surface area contributed by atoms with Gasteiger partial charge in [0.25, 0.3) is 5.92 Å². The molecule has 4 saturated carbocycles. The van der Waals surface area contributed by atoms with Gasteiger partial charge in [-0.1, -0.05) is 27.7 Å². The summed E-state index contributed by atoms with van der Waals surface area (Å²) in [4.78, 5) is 23.6. The number of methoxy groups -OCH3 is 1. The van der Waals surface area contributed by atoms with Crippen LogP contribution in [0.3, 0.4) is 0 Å². The van der Waals surface area contributed by atoms with Crippen molar-refractivity contribution in [1.29, 1.82) is 0 Å². The predicted octanol–water partition coefficient (Wildman–Crippen LogP) is 6.44. The number of esters is 1. The average molecular weight is 427 g/mol. The van der Waals surface area contributed by atoms with E-state index in [-0.39, 0.29) is 46.8 Å². The molecule has 4 fully saturated rings. The molecule has 30 heavy (non-hydrogen) atoms. The molecular formula is C25H40F2O3. The van der Waals surface area contributed by atoms with Gasteiger partial charge >= 0.3 is 5.97 Å². The summed E-state index contributed by atoms with van der Waals surface area (Å²) in [7, 11) is 1.40. The van der Waals surface area contributed by atoms with Crippen molar-refractivity contribution in [2.45, 2.75) is 97.8 Å². The SMILES string of the molecule is CC.COC(=O)CCC1CCC2C3C(CCC12C)C1(C)CCC(=O)CC1CC3(F)F. The van der Waals surface area contributed by atoms with Crippen LogP contribution in [0.5, 0.6) is 0 Å². The highest BCUT2D eigenvalue weighted by atomic mass is 19.3. The summed E-state index contributed by atoms with van der Waals surface area (Å²) in [5, 5.41) is 0. The molecule has 0 radical (unpaired) electrons. The second-order valence-corrected chi connectivity index (χ2v) is 10.6. The number of fused-ring (bicyclic) bond motifs is 5. The highest BCUT2D eigenvalue weighted by molar-refractivity contribution is 5.79. The van der Waals surface area contributed by atoms with Gasteiger partial charge in [-0.15, -0.1) is 0 Å². The molecule has 0 aromatic heterocycles. The number of hydrogen-bond donors (Lipinski definition) is 0. The molecule has 0 aromatic carbocycles. The van der Waals surface area contributed by atoms with Gasteiger partial charge in [0.2, 0.25) is 0 Å². The number of ketones is 1. The summed E-state index contributed by atoms with van der Waals surface area (Å²) in [6, 6.07) is 0. The Morgan fingerprint density at radius 2 is 1.73 bits per heavy atom. The van der Waals surface area contributed by atoms with E-state index in [1.807, 2.05) is 13.8 Å². The van der Waals surface area contributed by atoms with Gasteiger partial charge in [-0.25, -0.2) is 8.78 Å². The van der Waals surface area contributed by atoms with Crippen LogP contribution in [0.25, 0.3) is 0 Å². The molecule has 0 aliphatic heterocycles. The Hall–Kier alpha value is -1.00. The zero-order valence-electron chi connectivity index (χ0n) is 19.4. The molecular weight excluding hydrogens is 386 g/mol. The second kappa shape index (κ2) is 8.50. The van der Waals surface area contributed by atoms with Crippen molar-refractivity contribution in [2.75, 3.05) is 7.11 Å². The molecule has 7 unspecified atom stereocenters. The van der Waals surface area contributed by atoms with Crippen molar-refractivity contribution >= 4 is 11.8 Å². The topological polar surface area (TPSA) is 43.4 Å². The Morgan fingerprint density at radius 3 is 2.40 bits per heavy atom. The van der Waals surface area contributed by atoms with Crippen LogP contribution in [0.1, 0.15) is 91.9 Å². The number of halogens is 2. The minimum Gasteiger partial charge on any atom is -0.469 e. The summed E-state index contributed by atoms with van der Waals surface area (Å²) in [5.41, 5.74) is -0.224. The quantitative estimate of drug-likeness (QED) is 0.488. The third kappa shape index (κ3) is 3.72. The Morgan fingerprint density at radius 1 is 1.07 bits per heavy atom. The van der Waals surface area contributed by atoms with Crippen molar-refractivity contribution in [1.82, 2.24) is 0 Å². The Labute approximate surface area is 180 Å². The fourth-order valence-electron chi connectivity index (χ4n) is 7.93. The van der Waals surface area contributed by atoms with Gasteiger partial charge in [0.15, 0.2) is 0 Å². The van der Waals surface area contributed by atoms with E-state index in [2.05, 4.69) is 13.8 Å². The van der Waals surface area contributed by atoms with Crippen LogP contribution in [-0.4, -0.2) is 24.8 Å². The zero-order valence-corrected chi connectivity index (χ0v) is 19.4. The molecule has 0 aromatic rings. The van der Waals surface area contributed by atoms with Crippen molar-refractivity contribution in [3.8, 4) is 0 Å². The number of carbonyl (C=O) groups is 2. The van der Waals surface area contributed by atoms with E-state index in [9.17, 15) is 9.59 Å². The molecule has 172 valence electrons. The maximum Gasteiger partial charge on any atom is 0.305 e. The first-order valence-corrected chi connectivity index (χ1v) is 12.1. The van der Waals surface area contributed by atoms with Crippen LogP contribution in [0.4, 0.5) is 8.78 Å². The third-order valence-electron chi connectivity index (χ3n) is 9.59. The van der Waals surface area contributed by atoms with Crippen molar-refractivity contribution in [3.63, 3.8) is 0 Å². The maximum atomic E-state index is 15.5. The number of hydrogen-bond acceptors (Lipinski definition) is 3. The molecule has 4 rings (SSSR count). The molecule has 0 N–H and O–H groups in total. The third-order valence-corrected chi connectivity index (χ3v) is 9.59. The average Bonchev–Trinajstić information content (AvgIpc) is 3.05. The van der Waals surface area contributed by atoms with E-state index in [1.54, 1.807) is 0 Å². The minimum absolute atomic E-state index is 0.0202. The lowest BCUT2D eigenvalue weighted by atomic mass is 9.43. The fraction of sp³-hybridized carbons (Fsp3) is 0.920. The summed E-state index contributed by atoms with van der Waals surface area (Å²) in [5.74, 6) is -3.07. The van der Waals surface area contributed by atoms with E-state index in [0.29, 0.717) is 25.2 Å². The van der Waals surface area contributed by atoms with Gasteiger partial charge in [-0.05, 0) is 73.0 Å². The molecule has 0 heterocycles. The van der Waals surface area contributed by atoms with E-state index in [1.165, 1.54) is 7.11 Å². The highest BCUT2D eigenvalue weighted by Gasteiger charge is 2.67. The fourth-order valence-corrected chi connectivity index (χ4v) is 7.93. The summed E-state index contributed by atoms with van der Waals surface area (Å²) in [6.07, 6.45) is 6.30. The van der Waals surface area contributed by atoms with E-state index < -0.39 is 11.8 Å². The summed E-state index contributed by atoms with van der Waals surface area (Å²) >= 11 is 0. The number of alkyl halides is 2. The Balaban J connectivity index is 0.00000124. The second-order valence-electron chi connectivity index (χ2n) is 10.6. The first-order valence-electron chi connectivity index (χ1n) is 12.1. The minimum atomic E-state index is -2.68. The Bertz CT molecular complexity index is 663. The highest BCUT2D eigenvalue weighted by Crippen LogP contribution is 2.70. The van der Waals surface area contributed by atoms with Crippen LogP contribution < -0.4 is 0 Å². The first kappa shape index (κ1) is 23.7. The number of rotatable bonds is 3. The van der Waals surface area contributed by atoms with E-state index in [0.717, 1.165) is 38.5 Å². The molecule has 3 nitrogen and oxygen atoms in total. The van der Waals surface area contributed by atoms with Gasteiger partial charge in [0.1, 0.15) is 5.78 Å². The molecule has 0 saturated heterocycles. The van der Waals surface area contributed by atoms with Crippen molar-refractivity contribution < 1.29 is 23.1 Å². The van der Waals surface area contributed by atoms with E-state index in [4.69, 9.17) is 4.74 Å².